The maximum Gasteiger partial charge on any atom is 0.267 e. The minimum atomic E-state index is -3.84. The predicted molar refractivity (Wildman–Crippen MR) is 78.3 cm³/mol. The minimum Gasteiger partial charge on any atom is -0.495 e. The standard InChI is InChI=1S/C13H14N4O3S/c1-20-11-5-4-10(3-2-6-14)9-12(11)21(18,19)17-13-15-7-8-16-13/h4-5,7-9H,6,14H2,1H3,(H2,15,16,17). The van der Waals surface area contributed by atoms with Crippen LogP contribution in [0.1, 0.15) is 5.56 Å². The molecule has 110 valence electrons. The van der Waals surface area contributed by atoms with Crippen molar-refractivity contribution in [3.8, 4) is 17.6 Å². The second kappa shape index (κ2) is 6.30. The van der Waals surface area contributed by atoms with Crippen molar-refractivity contribution in [2.45, 2.75) is 4.90 Å². The highest BCUT2D eigenvalue weighted by molar-refractivity contribution is 7.92. The summed E-state index contributed by atoms with van der Waals surface area (Å²) in [5, 5.41) is 0. The van der Waals surface area contributed by atoms with Gasteiger partial charge < -0.3 is 15.5 Å². The first-order valence-electron chi connectivity index (χ1n) is 5.96. The zero-order valence-electron chi connectivity index (χ0n) is 11.3. The monoisotopic (exact) mass is 306 g/mol. The Morgan fingerprint density at radius 1 is 1.48 bits per heavy atom. The van der Waals surface area contributed by atoms with Crippen molar-refractivity contribution >= 4 is 16.0 Å². The largest absolute Gasteiger partial charge is 0.495 e. The van der Waals surface area contributed by atoms with Crippen LogP contribution in [0.5, 0.6) is 5.75 Å². The summed E-state index contributed by atoms with van der Waals surface area (Å²) in [5.41, 5.74) is 5.83. The Morgan fingerprint density at radius 3 is 2.90 bits per heavy atom. The summed E-state index contributed by atoms with van der Waals surface area (Å²) < 4.78 is 32.2. The maximum atomic E-state index is 12.4. The molecule has 7 nitrogen and oxygen atoms in total. The molecule has 0 atom stereocenters. The van der Waals surface area contributed by atoms with Crippen molar-refractivity contribution in [1.82, 2.24) is 9.97 Å². The van der Waals surface area contributed by atoms with Gasteiger partial charge in [0.05, 0.1) is 13.7 Å². The third-order valence-corrected chi connectivity index (χ3v) is 3.88. The van der Waals surface area contributed by atoms with E-state index in [-0.39, 0.29) is 23.1 Å². The van der Waals surface area contributed by atoms with Gasteiger partial charge in [0.1, 0.15) is 10.6 Å². The van der Waals surface area contributed by atoms with Crippen molar-refractivity contribution in [2.75, 3.05) is 18.4 Å². The quantitative estimate of drug-likeness (QED) is 0.714. The Balaban J connectivity index is 2.44. The van der Waals surface area contributed by atoms with Gasteiger partial charge >= 0.3 is 0 Å². The lowest BCUT2D eigenvalue weighted by molar-refractivity contribution is 0.403. The number of rotatable bonds is 4. The number of hydrogen-bond acceptors (Lipinski definition) is 5. The normalized spacial score (nSPS) is 10.6. The number of imidazole rings is 1. The molecule has 0 fully saturated rings. The molecule has 21 heavy (non-hydrogen) atoms. The fourth-order valence-corrected chi connectivity index (χ4v) is 2.80. The Labute approximate surface area is 122 Å². The maximum absolute atomic E-state index is 12.4. The summed E-state index contributed by atoms with van der Waals surface area (Å²) in [4.78, 5) is 6.46. The van der Waals surface area contributed by atoms with E-state index in [1.54, 1.807) is 6.07 Å². The number of nitrogens with zero attached hydrogens (tertiary/aromatic N) is 1. The predicted octanol–water partition coefficient (Wildman–Crippen LogP) is 0.529. The van der Waals surface area contributed by atoms with Gasteiger partial charge in [-0.2, -0.15) is 0 Å². The molecule has 0 radical (unpaired) electrons. The molecule has 0 aliphatic heterocycles. The molecule has 0 saturated heterocycles. The lowest BCUT2D eigenvalue weighted by atomic mass is 10.2. The van der Waals surface area contributed by atoms with E-state index in [0.717, 1.165) is 0 Å². The van der Waals surface area contributed by atoms with Gasteiger partial charge in [0, 0.05) is 18.0 Å². The van der Waals surface area contributed by atoms with Crippen LogP contribution in [0, 0.1) is 11.8 Å². The van der Waals surface area contributed by atoms with Crippen molar-refractivity contribution < 1.29 is 13.2 Å². The first-order chi connectivity index (χ1) is 10.1. The molecule has 0 unspecified atom stereocenters. The number of anilines is 1. The molecular formula is C13H14N4O3S. The van der Waals surface area contributed by atoms with E-state index >= 15 is 0 Å². The fraction of sp³-hybridized carbons (Fsp3) is 0.154. The van der Waals surface area contributed by atoms with Crippen LogP contribution in [-0.4, -0.2) is 32.0 Å². The molecule has 0 spiro atoms. The molecule has 0 saturated carbocycles. The Hall–Kier alpha value is -2.50. The average molecular weight is 306 g/mol. The zero-order valence-corrected chi connectivity index (χ0v) is 12.1. The number of aromatic amines is 1. The molecule has 2 aromatic rings. The molecule has 0 aliphatic rings. The van der Waals surface area contributed by atoms with Gasteiger partial charge in [0.15, 0.2) is 0 Å². The first kappa shape index (κ1) is 14.9. The number of hydrogen-bond donors (Lipinski definition) is 3. The highest BCUT2D eigenvalue weighted by atomic mass is 32.2. The fourth-order valence-electron chi connectivity index (χ4n) is 1.62. The SMILES string of the molecule is COc1ccc(C#CCN)cc1S(=O)(=O)Nc1ncc[nH]1. The minimum absolute atomic E-state index is 0.0229. The smallest absolute Gasteiger partial charge is 0.267 e. The molecule has 0 aliphatic carbocycles. The summed E-state index contributed by atoms with van der Waals surface area (Å²) in [6.07, 6.45) is 2.95. The van der Waals surface area contributed by atoms with Crippen molar-refractivity contribution in [3.63, 3.8) is 0 Å². The van der Waals surface area contributed by atoms with E-state index < -0.39 is 10.0 Å². The van der Waals surface area contributed by atoms with Gasteiger partial charge in [0.2, 0.25) is 5.95 Å². The summed E-state index contributed by atoms with van der Waals surface area (Å²) in [7, 11) is -2.45. The van der Waals surface area contributed by atoms with Crippen LogP contribution in [0.2, 0.25) is 0 Å². The van der Waals surface area contributed by atoms with Gasteiger partial charge in [-0.25, -0.2) is 18.1 Å². The molecule has 8 heteroatoms. The van der Waals surface area contributed by atoms with Gasteiger partial charge in [-0.3, -0.25) is 0 Å². The van der Waals surface area contributed by atoms with Crippen LogP contribution in [0.4, 0.5) is 5.95 Å². The van der Waals surface area contributed by atoms with Crippen LogP contribution < -0.4 is 15.2 Å². The molecule has 0 amide bonds. The van der Waals surface area contributed by atoms with Crippen LogP contribution >= 0.6 is 0 Å². The second-order valence-electron chi connectivity index (χ2n) is 3.91. The Kier molecular flexibility index (Phi) is 4.47. The van der Waals surface area contributed by atoms with E-state index in [1.165, 1.54) is 31.6 Å². The summed E-state index contributed by atoms with van der Waals surface area (Å²) in [6.45, 7) is 0.193. The second-order valence-corrected chi connectivity index (χ2v) is 5.57. The molecule has 0 bridgehead atoms. The number of benzene rings is 1. The number of H-pyrrole nitrogens is 1. The van der Waals surface area contributed by atoms with Crippen molar-refractivity contribution in [2.24, 2.45) is 5.73 Å². The van der Waals surface area contributed by atoms with Crippen LogP contribution in [0.15, 0.2) is 35.5 Å². The molecule has 1 aromatic carbocycles. The lowest BCUT2D eigenvalue weighted by Crippen LogP contribution is -2.15. The third kappa shape index (κ3) is 3.53. The van der Waals surface area contributed by atoms with Gasteiger partial charge in [0.25, 0.3) is 10.0 Å². The lowest BCUT2D eigenvalue weighted by Gasteiger charge is -2.10. The van der Waals surface area contributed by atoms with E-state index in [0.29, 0.717) is 5.56 Å². The van der Waals surface area contributed by atoms with Gasteiger partial charge in [-0.05, 0) is 18.2 Å². The Morgan fingerprint density at radius 2 is 2.29 bits per heavy atom. The van der Waals surface area contributed by atoms with Crippen molar-refractivity contribution in [3.05, 3.63) is 36.2 Å². The third-order valence-electron chi connectivity index (χ3n) is 2.52. The molecule has 4 N–H and O–H groups in total. The molecule has 1 aromatic heterocycles. The number of nitrogens with one attached hydrogen (secondary N) is 2. The Bertz CT molecular complexity index is 773. The van der Waals surface area contributed by atoms with Crippen molar-refractivity contribution in [1.29, 1.82) is 0 Å². The van der Waals surface area contributed by atoms with Gasteiger partial charge in [-0.1, -0.05) is 11.8 Å². The summed E-state index contributed by atoms with van der Waals surface area (Å²) in [6, 6.07) is 4.62. The molecule has 1 heterocycles. The molecule has 2 rings (SSSR count). The van der Waals surface area contributed by atoms with E-state index in [2.05, 4.69) is 26.5 Å². The number of nitrogens with two attached hydrogens (primary N) is 1. The highest BCUT2D eigenvalue weighted by Gasteiger charge is 2.21. The van der Waals surface area contributed by atoms with E-state index in [4.69, 9.17) is 10.5 Å². The number of sulfonamides is 1. The number of aromatic nitrogens is 2. The average Bonchev–Trinajstić information content (AvgIpc) is 2.97. The first-order valence-corrected chi connectivity index (χ1v) is 7.44. The summed E-state index contributed by atoms with van der Waals surface area (Å²) in [5.74, 6) is 5.79. The zero-order chi connectivity index (χ0) is 15.3. The highest BCUT2D eigenvalue weighted by Crippen LogP contribution is 2.26. The van der Waals surface area contributed by atoms with Gasteiger partial charge in [-0.15, -0.1) is 0 Å². The van der Waals surface area contributed by atoms with Crippen LogP contribution in [0.25, 0.3) is 0 Å². The van der Waals surface area contributed by atoms with E-state index in [1.807, 2.05) is 0 Å². The summed E-state index contributed by atoms with van der Waals surface area (Å²) >= 11 is 0. The number of ether oxygens (including phenoxy) is 1. The topological polar surface area (TPSA) is 110 Å². The van der Waals surface area contributed by atoms with Crippen LogP contribution in [-0.2, 0) is 10.0 Å². The van der Waals surface area contributed by atoms with E-state index in [9.17, 15) is 8.42 Å². The molecular weight excluding hydrogens is 292 g/mol. The van der Waals surface area contributed by atoms with Crippen LogP contribution in [0.3, 0.4) is 0 Å². The number of methoxy groups -OCH3 is 1.